The molecule has 0 aromatic rings. The zero-order valence-electron chi connectivity index (χ0n) is 7.71. The van der Waals surface area contributed by atoms with Crippen molar-refractivity contribution >= 4 is 6.29 Å². The number of hydrogen-bond donors (Lipinski definition) is 0. The summed E-state index contributed by atoms with van der Waals surface area (Å²) in [4.78, 5) is 10.7. The maximum Gasteiger partial charge on any atom is 0.229 e. The highest BCUT2D eigenvalue weighted by Gasteiger charge is 2.28. The predicted molar refractivity (Wildman–Crippen MR) is 46.9 cm³/mol. The van der Waals surface area contributed by atoms with Gasteiger partial charge in [0, 0.05) is 19.6 Å². The van der Waals surface area contributed by atoms with E-state index in [0.717, 1.165) is 0 Å². The van der Waals surface area contributed by atoms with Crippen molar-refractivity contribution in [1.82, 2.24) is 0 Å². The molecule has 0 aliphatic carbocycles. The van der Waals surface area contributed by atoms with E-state index in [1.54, 1.807) is 6.08 Å². The molecular weight excluding hydrogens is 156 g/mol. The first kappa shape index (κ1) is 11.3. The van der Waals surface area contributed by atoms with Crippen LogP contribution >= 0.6 is 0 Å². The van der Waals surface area contributed by atoms with Crippen LogP contribution in [0.2, 0.25) is 0 Å². The van der Waals surface area contributed by atoms with Crippen LogP contribution in [0.1, 0.15) is 20.3 Å². The summed E-state index contributed by atoms with van der Waals surface area (Å²) in [5, 5.41) is 0. The highest BCUT2D eigenvalue weighted by Crippen LogP contribution is 2.15. The number of rotatable bonds is 7. The molecule has 0 aliphatic rings. The molecule has 0 rings (SSSR count). The van der Waals surface area contributed by atoms with Crippen molar-refractivity contribution in [2.45, 2.75) is 26.1 Å². The third-order valence-electron chi connectivity index (χ3n) is 1.39. The van der Waals surface area contributed by atoms with Crippen molar-refractivity contribution in [1.29, 1.82) is 0 Å². The predicted octanol–water partition coefficient (Wildman–Crippen LogP) is 1.53. The summed E-state index contributed by atoms with van der Waals surface area (Å²) in [5.41, 5.74) is 0. The van der Waals surface area contributed by atoms with Crippen LogP contribution in [0.4, 0.5) is 0 Å². The second kappa shape index (κ2) is 5.91. The average molecular weight is 172 g/mol. The van der Waals surface area contributed by atoms with Gasteiger partial charge in [-0.25, -0.2) is 0 Å². The number of aldehydes is 1. The minimum absolute atomic E-state index is 0.387. The normalized spacial score (nSPS) is 11.2. The summed E-state index contributed by atoms with van der Waals surface area (Å²) in [5.74, 6) is -1.11. The molecule has 0 heterocycles. The number of carbonyl (C=O) groups excluding carboxylic acids is 1. The van der Waals surface area contributed by atoms with Crippen LogP contribution in [-0.2, 0) is 14.3 Å². The van der Waals surface area contributed by atoms with Gasteiger partial charge >= 0.3 is 0 Å². The van der Waals surface area contributed by atoms with Gasteiger partial charge in [-0.1, -0.05) is 6.08 Å². The molecule has 0 atom stereocenters. The van der Waals surface area contributed by atoms with Gasteiger partial charge < -0.3 is 9.47 Å². The lowest BCUT2D eigenvalue weighted by atomic mass is 10.2. The molecular formula is C9H16O3. The molecule has 0 radical (unpaired) electrons. The fourth-order valence-corrected chi connectivity index (χ4v) is 0.965. The Hall–Kier alpha value is -0.670. The van der Waals surface area contributed by atoms with Crippen LogP contribution in [0, 0.1) is 0 Å². The van der Waals surface area contributed by atoms with Crippen molar-refractivity contribution < 1.29 is 14.3 Å². The second-order valence-electron chi connectivity index (χ2n) is 2.29. The Morgan fingerprint density at radius 3 is 2.08 bits per heavy atom. The molecule has 0 aliphatic heterocycles. The molecule has 70 valence electrons. The fraction of sp³-hybridized carbons (Fsp3) is 0.667. The molecule has 0 unspecified atom stereocenters. The van der Waals surface area contributed by atoms with Gasteiger partial charge in [0.1, 0.15) is 0 Å². The molecule has 0 saturated heterocycles. The first-order chi connectivity index (χ1) is 5.74. The van der Waals surface area contributed by atoms with Crippen LogP contribution in [-0.4, -0.2) is 25.3 Å². The molecule has 3 nitrogen and oxygen atoms in total. The summed E-state index contributed by atoms with van der Waals surface area (Å²) in [7, 11) is 0. The third kappa shape index (κ3) is 3.15. The van der Waals surface area contributed by atoms with Crippen molar-refractivity contribution in [3.8, 4) is 0 Å². The van der Waals surface area contributed by atoms with Gasteiger partial charge in [-0.3, -0.25) is 4.79 Å². The average Bonchev–Trinajstić information content (AvgIpc) is 2.06. The molecule has 0 saturated carbocycles. The highest BCUT2D eigenvalue weighted by atomic mass is 16.7. The Labute approximate surface area is 73.4 Å². The maximum atomic E-state index is 10.7. The highest BCUT2D eigenvalue weighted by molar-refractivity contribution is 5.60. The van der Waals surface area contributed by atoms with Gasteiger partial charge in [0.15, 0.2) is 6.29 Å². The van der Waals surface area contributed by atoms with Crippen LogP contribution in [0.15, 0.2) is 12.7 Å². The zero-order chi connectivity index (χ0) is 9.45. The summed E-state index contributed by atoms with van der Waals surface area (Å²) in [6.07, 6.45) is 2.68. The Kier molecular flexibility index (Phi) is 5.58. The van der Waals surface area contributed by atoms with Gasteiger partial charge in [-0.05, 0) is 13.8 Å². The summed E-state index contributed by atoms with van der Waals surface area (Å²) >= 11 is 0. The van der Waals surface area contributed by atoms with E-state index in [-0.39, 0.29) is 0 Å². The molecule has 0 spiro atoms. The Morgan fingerprint density at radius 2 is 1.83 bits per heavy atom. The minimum atomic E-state index is -1.11. The quantitative estimate of drug-likeness (QED) is 0.332. The lowest BCUT2D eigenvalue weighted by Crippen LogP contribution is -2.37. The number of carbonyl (C=O) groups is 1. The third-order valence-corrected chi connectivity index (χ3v) is 1.39. The van der Waals surface area contributed by atoms with E-state index < -0.39 is 5.79 Å². The van der Waals surface area contributed by atoms with Crippen molar-refractivity contribution in [3.63, 3.8) is 0 Å². The Bertz CT molecular complexity index is 137. The zero-order valence-corrected chi connectivity index (χ0v) is 7.71. The molecule has 0 bridgehead atoms. The second-order valence-corrected chi connectivity index (χ2v) is 2.29. The van der Waals surface area contributed by atoms with E-state index in [9.17, 15) is 4.79 Å². The minimum Gasteiger partial charge on any atom is -0.344 e. The molecule has 0 N–H and O–H groups in total. The smallest absolute Gasteiger partial charge is 0.229 e. The Balaban J connectivity index is 4.25. The molecule has 0 amide bonds. The Morgan fingerprint density at radius 1 is 1.33 bits per heavy atom. The number of ether oxygens (including phenoxy) is 2. The van der Waals surface area contributed by atoms with Crippen molar-refractivity contribution in [3.05, 3.63) is 12.7 Å². The van der Waals surface area contributed by atoms with Crippen LogP contribution in [0.25, 0.3) is 0 Å². The van der Waals surface area contributed by atoms with E-state index in [1.807, 2.05) is 13.8 Å². The fourth-order valence-electron chi connectivity index (χ4n) is 0.965. The molecule has 0 aromatic heterocycles. The van der Waals surface area contributed by atoms with E-state index in [2.05, 4.69) is 6.58 Å². The summed E-state index contributed by atoms with van der Waals surface area (Å²) in [6, 6.07) is 0. The lowest BCUT2D eigenvalue weighted by Gasteiger charge is -2.25. The van der Waals surface area contributed by atoms with Gasteiger partial charge in [-0.15, -0.1) is 6.58 Å². The van der Waals surface area contributed by atoms with Crippen LogP contribution in [0.3, 0.4) is 0 Å². The van der Waals surface area contributed by atoms with Gasteiger partial charge in [0.05, 0.1) is 0 Å². The number of hydrogen-bond acceptors (Lipinski definition) is 3. The SMILES string of the molecule is C=CCC(C=O)(OCC)OCC. The van der Waals surface area contributed by atoms with Crippen molar-refractivity contribution in [2.24, 2.45) is 0 Å². The molecule has 3 heteroatoms. The van der Waals surface area contributed by atoms with Gasteiger partial charge in [0.2, 0.25) is 5.79 Å². The van der Waals surface area contributed by atoms with E-state index >= 15 is 0 Å². The lowest BCUT2D eigenvalue weighted by molar-refractivity contribution is -0.213. The first-order valence-electron chi connectivity index (χ1n) is 4.09. The maximum absolute atomic E-state index is 10.7. The van der Waals surface area contributed by atoms with Crippen molar-refractivity contribution in [2.75, 3.05) is 13.2 Å². The summed E-state index contributed by atoms with van der Waals surface area (Å²) < 4.78 is 10.4. The van der Waals surface area contributed by atoms with Crippen LogP contribution in [0.5, 0.6) is 0 Å². The molecule has 0 fully saturated rings. The van der Waals surface area contributed by atoms with E-state index in [0.29, 0.717) is 25.9 Å². The first-order valence-corrected chi connectivity index (χ1v) is 4.09. The van der Waals surface area contributed by atoms with Gasteiger partial charge in [0.25, 0.3) is 0 Å². The molecule has 0 aromatic carbocycles. The van der Waals surface area contributed by atoms with E-state index in [4.69, 9.17) is 9.47 Å². The summed E-state index contributed by atoms with van der Waals surface area (Å²) in [6.45, 7) is 8.08. The molecule has 12 heavy (non-hydrogen) atoms. The van der Waals surface area contributed by atoms with E-state index in [1.165, 1.54) is 0 Å². The largest absolute Gasteiger partial charge is 0.344 e. The monoisotopic (exact) mass is 172 g/mol. The van der Waals surface area contributed by atoms with Gasteiger partial charge in [-0.2, -0.15) is 0 Å². The topological polar surface area (TPSA) is 35.5 Å². The van der Waals surface area contributed by atoms with Crippen LogP contribution < -0.4 is 0 Å². The standard InChI is InChI=1S/C9H16O3/c1-4-7-9(8-10,11-5-2)12-6-3/h4,8H,1,5-7H2,2-3H3.